The van der Waals surface area contributed by atoms with E-state index in [1.165, 1.54) is 0 Å². The van der Waals surface area contributed by atoms with E-state index in [2.05, 4.69) is 15.5 Å². The number of aromatic nitrogens is 2. The first-order chi connectivity index (χ1) is 16.0. The molecule has 0 spiro atoms. The zero-order chi connectivity index (χ0) is 23.4. The van der Waals surface area contributed by atoms with Gasteiger partial charge in [-0.3, -0.25) is 4.90 Å². The number of halogens is 1. The number of amides is 2. The number of rotatable bonds is 8. The van der Waals surface area contributed by atoms with Crippen molar-refractivity contribution in [3.63, 3.8) is 0 Å². The van der Waals surface area contributed by atoms with Crippen LogP contribution >= 0.6 is 23.4 Å². The van der Waals surface area contributed by atoms with Crippen molar-refractivity contribution in [1.82, 2.24) is 20.4 Å². The number of carbonyl (C=O) groups excluding carboxylic acids is 1. The van der Waals surface area contributed by atoms with Gasteiger partial charge in [-0.15, -0.1) is 11.8 Å². The van der Waals surface area contributed by atoms with Gasteiger partial charge in [-0.05, 0) is 61.6 Å². The van der Waals surface area contributed by atoms with Crippen molar-refractivity contribution in [1.29, 1.82) is 0 Å². The molecule has 4 rings (SSSR count). The molecule has 1 atom stereocenters. The van der Waals surface area contributed by atoms with E-state index >= 15 is 0 Å². The highest BCUT2D eigenvalue weighted by Crippen LogP contribution is 2.37. The van der Waals surface area contributed by atoms with Crippen molar-refractivity contribution in [2.24, 2.45) is 0 Å². The lowest BCUT2D eigenvalue weighted by atomic mass is 9.94. The Kier molecular flexibility index (Phi) is 7.37. The lowest BCUT2D eigenvalue weighted by molar-refractivity contribution is 0.174. The molecule has 2 heterocycles. The van der Waals surface area contributed by atoms with E-state index in [1.54, 1.807) is 35.9 Å². The molecule has 7 nitrogen and oxygen atoms in total. The third-order valence-electron chi connectivity index (χ3n) is 5.53. The van der Waals surface area contributed by atoms with Crippen molar-refractivity contribution >= 4 is 35.0 Å². The summed E-state index contributed by atoms with van der Waals surface area (Å²) in [5, 5.41) is 7.92. The maximum Gasteiger partial charge on any atom is 0.322 e. The SMILES string of the molecule is COCCCN1C(=O)NC(c2ccc(Cl)cc2)C(c2nc(-c3ccc(SC)cc3)no2)=C1C. The number of allylic oxidation sites excluding steroid dienone is 1. The maximum atomic E-state index is 13.0. The second kappa shape index (κ2) is 10.4. The molecule has 0 aliphatic carbocycles. The summed E-state index contributed by atoms with van der Waals surface area (Å²) in [4.78, 5) is 20.5. The Hall–Kier alpha value is -2.81. The van der Waals surface area contributed by atoms with Crippen LogP contribution in [0.3, 0.4) is 0 Å². The Morgan fingerprint density at radius 3 is 2.58 bits per heavy atom. The number of nitrogens with one attached hydrogen (secondary N) is 1. The quantitative estimate of drug-likeness (QED) is 0.329. The van der Waals surface area contributed by atoms with Crippen molar-refractivity contribution in [3.05, 3.63) is 70.7 Å². The summed E-state index contributed by atoms with van der Waals surface area (Å²) in [7, 11) is 1.65. The molecular weight excluding hydrogens is 460 g/mol. The van der Waals surface area contributed by atoms with Crippen LogP contribution in [0.15, 0.2) is 63.6 Å². The third kappa shape index (κ3) is 5.08. The van der Waals surface area contributed by atoms with Crippen LogP contribution < -0.4 is 5.32 Å². The average Bonchev–Trinajstić information content (AvgIpc) is 3.31. The molecule has 0 saturated heterocycles. The number of carbonyl (C=O) groups is 1. The number of thioether (sulfide) groups is 1. The minimum Gasteiger partial charge on any atom is -0.385 e. The number of methoxy groups -OCH3 is 1. The Morgan fingerprint density at radius 1 is 1.18 bits per heavy atom. The monoisotopic (exact) mass is 484 g/mol. The first kappa shape index (κ1) is 23.4. The summed E-state index contributed by atoms with van der Waals surface area (Å²) in [5.74, 6) is 0.865. The first-order valence-electron chi connectivity index (χ1n) is 10.5. The van der Waals surface area contributed by atoms with Crippen molar-refractivity contribution in [2.45, 2.75) is 24.3 Å². The molecule has 1 aliphatic heterocycles. The molecule has 3 aromatic rings. The van der Waals surface area contributed by atoms with Gasteiger partial charge in [0.1, 0.15) is 0 Å². The van der Waals surface area contributed by atoms with Crippen LogP contribution in [0.4, 0.5) is 4.79 Å². The molecule has 2 amide bonds. The third-order valence-corrected chi connectivity index (χ3v) is 6.53. The van der Waals surface area contributed by atoms with E-state index in [0.717, 1.165) is 27.3 Å². The minimum atomic E-state index is -0.444. The molecule has 0 saturated carbocycles. The fraction of sp³-hybridized carbons (Fsp3) is 0.292. The van der Waals surface area contributed by atoms with E-state index in [9.17, 15) is 4.79 Å². The van der Waals surface area contributed by atoms with Gasteiger partial charge in [-0.25, -0.2) is 4.79 Å². The molecule has 1 unspecified atom stereocenters. The van der Waals surface area contributed by atoms with E-state index in [-0.39, 0.29) is 6.03 Å². The van der Waals surface area contributed by atoms with E-state index in [1.807, 2.05) is 49.6 Å². The zero-order valence-corrected chi connectivity index (χ0v) is 20.2. The number of urea groups is 1. The Morgan fingerprint density at radius 2 is 1.91 bits per heavy atom. The highest BCUT2D eigenvalue weighted by molar-refractivity contribution is 7.98. The van der Waals surface area contributed by atoms with Crippen molar-refractivity contribution in [2.75, 3.05) is 26.5 Å². The number of hydrogen-bond donors (Lipinski definition) is 1. The van der Waals surface area contributed by atoms with Gasteiger partial charge in [0.25, 0.3) is 5.89 Å². The standard InChI is InChI=1S/C24H25ClN4O3S/c1-15-20(23-27-22(28-32-23)17-7-11-19(33-3)12-8-17)21(16-5-9-18(25)10-6-16)26-24(30)29(15)13-4-14-31-2/h5-12,21H,4,13-14H2,1-3H3,(H,26,30). The van der Waals surface area contributed by atoms with Crippen LogP contribution in [0.1, 0.15) is 30.8 Å². The van der Waals surface area contributed by atoms with E-state index < -0.39 is 6.04 Å². The van der Waals surface area contributed by atoms with Gasteiger partial charge < -0.3 is 14.6 Å². The molecule has 9 heteroatoms. The maximum absolute atomic E-state index is 13.0. The average molecular weight is 485 g/mol. The van der Waals surface area contributed by atoms with Gasteiger partial charge in [0, 0.05) is 41.4 Å². The zero-order valence-electron chi connectivity index (χ0n) is 18.7. The Labute approximate surface area is 202 Å². The highest BCUT2D eigenvalue weighted by atomic mass is 35.5. The molecule has 0 radical (unpaired) electrons. The van der Waals surface area contributed by atoms with Crippen LogP contribution in [-0.4, -0.2) is 47.6 Å². The van der Waals surface area contributed by atoms with Crippen LogP contribution in [0.5, 0.6) is 0 Å². The summed E-state index contributed by atoms with van der Waals surface area (Å²) in [6, 6.07) is 14.7. The molecular formula is C24H25ClN4O3S. The Balaban J connectivity index is 1.74. The van der Waals surface area contributed by atoms with Gasteiger partial charge in [-0.2, -0.15) is 4.98 Å². The molecule has 33 heavy (non-hydrogen) atoms. The number of benzene rings is 2. The fourth-order valence-corrected chi connectivity index (χ4v) is 4.32. The topological polar surface area (TPSA) is 80.5 Å². The molecule has 0 fully saturated rings. The van der Waals surface area contributed by atoms with Gasteiger partial charge in [0.2, 0.25) is 5.82 Å². The fourth-order valence-electron chi connectivity index (χ4n) is 3.79. The number of ether oxygens (including phenoxy) is 1. The largest absolute Gasteiger partial charge is 0.385 e. The van der Waals surface area contributed by atoms with Gasteiger partial charge in [0.05, 0.1) is 11.6 Å². The second-order valence-electron chi connectivity index (χ2n) is 7.58. The van der Waals surface area contributed by atoms with Crippen LogP contribution in [0.2, 0.25) is 5.02 Å². The summed E-state index contributed by atoms with van der Waals surface area (Å²) in [5.41, 5.74) is 3.26. The molecule has 1 aromatic heterocycles. The smallest absolute Gasteiger partial charge is 0.322 e. The summed E-state index contributed by atoms with van der Waals surface area (Å²) >= 11 is 7.76. The predicted octanol–water partition coefficient (Wildman–Crippen LogP) is 5.65. The summed E-state index contributed by atoms with van der Waals surface area (Å²) in [6.07, 6.45) is 2.74. The van der Waals surface area contributed by atoms with Crippen LogP contribution in [0.25, 0.3) is 17.0 Å². The minimum absolute atomic E-state index is 0.181. The summed E-state index contributed by atoms with van der Waals surface area (Å²) < 4.78 is 10.9. The Bertz CT molecular complexity index is 1150. The predicted molar refractivity (Wildman–Crippen MR) is 130 cm³/mol. The molecule has 1 aliphatic rings. The van der Waals surface area contributed by atoms with Gasteiger partial charge >= 0.3 is 6.03 Å². The van der Waals surface area contributed by atoms with Crippen LogP contribution in [-0.2, 0) is 4.74 Å². The van der Waals surface area contributed by atoms with Gasteiger partial charge in [0.15, 0.2) is 0 Å². The number of hydrogen-bond acceptors (Lipinski definition) is 6. The lowest BCUT2D eigenvalue weighted by Gasteiger charge is -2.35. The highest BCUT2D eigenvalue weighted by Gasteiger charge is 2.35. The lowest BCUT2D eigenvalue weighted by Crippen LogP contribution is -2.46. The van der Waals surface area contributed by atoms with Crippen molar-refractivity contribution < 1.29 is 14.1 Å². The molecule has 172 valence electrons. The van der Waals surface area contributed by atoms with Crippen molar-refractivity contribution in [3.8, 4) is 11.4 Å². The van der Waals surface area contributed by atoms with E-state index in [4.69, 9.17) is 20.9 Å². The molecule has 2 aromatic carbocycles. The molecule has 1 N–H and O–H groups in total. The second-order valence-corrected chi connectivity index (χ2v) is 8.90. The normalized spacial score (nSPS) is 16.3. The first-order valence-corrected chi connectivity index (χ1v) is 12.1. The summed E-state index contributed by atoms with van der Waals surface area (Å²) in [6.45, 7) is 2.98. The van der Waals surface area contributed by atoms with E-state index in [0.29, 0.717) is 36.3 Å². The molecule has 0 bridgehead atoms. The number of nitrogens with zero attached hydrogens (tertiary/aromatic N) is 3. The van der Waals surface area contributed by atoms with Crippen LogP contribution in [0, 0.1) is 0 Å². The van der Waals surface area contributed by atoms with Gasteiger partial charge in [-0.1, -0.05) is 28.9 Å².